The van der Waals surface area contributed by atoms with Crippen LogP contribution in [0.3, 0.4) is 0 Å². The Kier molecular flexibility index (Phi) is 3.05. The van der Waals surface area contributed by atoms with Crippen molar-refractivity contribution in [3.63, 3.8) is 0 Å². The standard InChI is InChI=1S/C7H10BrN3O2/c1-11-5(3-6(8)10-11)4(9)2-7(12)13/h3-4H,2,9H2,1H3,(H,12,13)/t4-/m1/s1. The average Bonchev–Trinajstić information content (AvgIpc) is 2.28. The molecular formula is C7H10BrN3O2. The van der Waals surface area contributed by atoms with Gasteiger partial charge in [-0.2, -0.15) is 5.10 Å². The summed E-state index contributed by atoms with van der Waals surface area (Å²) in [7, 11) is 1.72. The molecule has 0 aliphatic rings. The fraction of sp³-hybridized carbons (Fsp3) is 0.429. The van der Waals surface area contributed by atoms with Gasteiger partial charge in [-0.25, -0.2) is 0 Å². The third kappa shape index (κ3) is 2.53. The molecular weight excluding hydrogens is 238 g/mol. The van der Waals surface area contributed by atoms with Crippen molar-refractivity contribution in [3.8, 4) is 0 Å². The lowest BCUT2D eigenvalue weighted by Gasteiger charge is -2.08. The molecule has 0 saturated heterocycles. The van der Waals surface area contributed by atoms with Crippen LogP contribution in [0.2, 0.25) is 0 Å². The van der Waals surface area contributed by atoms with Gasteiger partial charge in [-0.15, -0.1) is 0 Å². The van der Waals surface area contributed by atoms with Crippen LogP contribution >= 0.6 is 15.9 Å². The molecule has 3 N–H and O–H groups in total. The van der Waals surface area contributed by atoms with Crippen LogP contribution in [0.15, 0.2) is 10.7 Å². The van der Waals surface area contributed by atoms with Gasteiger partial charge in [-0.1, -0.05) is 0 Å². The third-order valence-electron chi connectivity index (χ3n) is 1.66. The van der Waals surface area contributed by atoms with Gasteiger partial charge in [0.05, 0.1) is 18.2 Å². The number of rotatable bonds is 3. The van der Waals surface area contributed by atoms with Gasteiger partial charge in [-0.3, -0.25) is 9.48 Å². The van der Waals surface area contributed by atoms with Gasteiger partial charge in [0, 0.05) is 7.05 Å². The normalized spacial score (nSPS) is 12.8. The van der Waals surface area contributed by atoms with Crippen molar-refractivity contribution in [2.24, 2.45) is 12.8 Å². The average molecular weight is 248 g/mol. The molecule has 0 aliphatic heterocycles. The summed E-state index contributed by atoms with van der Waals surface area (Å²) in [6, 6.07) is 1.20. The zero-order chi connectivity index (χ0) is 10.0. The molecule has 1 heterocycles. The number of carbonyl (C=O) groups is 1. The molecule has 1 aromatic heterocycles. The quantitative estimate of drug-likeness (QED) is 0.823. The van der Waals surface area contributed by atoms with Gasteiger partial charge in [0.2, 0.25) is 0 Å². The summed E-state index contributed by atoms with van der Waals surface area (Å²) in [6.45, 7) is 0. The summed E-state index contributed by atoms with van der Waals surface area (Å²) in [6.07, 6.45) is -0.0913. The summed E-state index contributed by atoms with van der Waals surface area (Å²) in [5.41, 5.74) is 6.35. The van der Waals surface area contributed by atoms with Crippen molar-refractivity contribution in [2.75, 3.05) is 0 Å². The fourth-order valence-electron chi connectivity index (χ4n) is 1.09. The Hall–Kier alpha value is -0.880. The Bertz CT molecular complexity index is 324. The minimum atomic E-state index is -0.912. The number of carboxylic acid groups (broad SMARTS) is 1. The van der Waals surface area contributed by atoms with E-state index in [-0.39, 0.29) is 6.42 Å². The van der Waals surface area contributed by atoms with E-state index in [0.29, 0.717) is 10.3 Å². The lowest BCUT2D eigenvalue weighted by atomic mass is 10.1. The largest absolute Gasteiger partial charge is 0.481 e. The lowest BCUT2D eigenvalue weighted by Crippen LogP contribution is -2.18. The number of aliphatic carboxylic acids is 1. The highest BCUT2D eigenvalue weighted by molar-refractivity contribution is 9.10. The topological polar surface area (TPSA) is 81.1 Å². The molecule has 0 aliphatic carbocycles. The molecule has 6 heteroatoms. The second-order valence-corrected chi connectivity index (χ2v) is 3.53. The summed E-state index contributed by atoms with van der Waals surface area (Å²) in [4.78, 5) is 10.4. The van der Waals surface area contributed by atoms with Gasteiger partial charge in [0.25, 0.3) is 0 Å². The van der Waals surface area contributed by atoms with Crippen LogP contribution < -0.4 is 5.73 Å². The molecule has 0 aromatic carbocycles. The molecule has 0 bridgehead atoms. The van der Waals surface area contributed by atoms with Gasteiger partial charge >= 0.3 is 5.97 Å². The first-order valence-electron chi connectivity index (χ1n) is 3.67. The highest BCUT2D eigenvalue weighted by atomic mass is 79.9. The Balaban J connectivity index is 2.81. The molecule has 0 radical (unpaired) electrons. The van der Waals surface area contributed by atoms with E-state index in [4.69, 9.17) is 10.8 Å². The molecule has 0 fully saturated rings. The highest BCUT2D eigenvalue weighted by Crippen LogP contribution is 2.17. The Labute approximate surface area is 83.7 Å². The summed E-state index contributed by atoms with van der Waals surface area (Å²) in [5.74, 6) is -0.912. The molecule has 5 nitrogen and oxygen atoms in total. The minimum absolute atomic E-state index is 0.0913. The molecule has 1 atom stereocenters. The van der Waals surface area contributed by atoms with Gasteiger partial charge in [-0.05, 0) is 22.0 Å². The van der Waals surface area contributed by atoms with E-state index in [9.17, 15) is 4.79 Å². The molecule has 72 valence electrons. The maximum Gasteiger partial charge on any atom is 0.305 e. The lowest BCUT2D eigenvalue weighted by molar-refractivity contribution is -0.137. The molecule has 0 amide bonds. The monoisotopic (exact) mass is 247 g/mol. The number of hydrogen-bond donors (Lipinski definition) is 2. The van der Waals surface area contributed by atoms with Crippen molar-refractivity contribution in [2.45, 2.75) is 12.5 Å². The Morgan fingerprint density at radius 2 is 2.54 bits per heavy atom. The maximum absolute atomic E-state index is 10.4. The second kappa shape index (κ2) is 3.89. The number of nitrogens with zero attached hydrogens (tertiary/aromatic N) is 2. The predicted molar refractivity (Wildman–Crippen MR) is 50.1 cm³/mol. The Morgan fingerprint density at radius 1 is 1.92 bits per heavy atom. The van der Waals surface area contributed by atoms with Crippen molar-refractivity contribution < 1.29 is 9.90 Å². The zero-order valence-electron chi connectivity index (χ0n) is 7.07. The number of aryl methyl sites for hydroxylation is 1. The van der Waals surface area contributed by atoms with E-state index in [1.807, 2.05) is 0 Å². The first kappa shape index (κ1) is 10.2. The fourth-order valence-corrected chi connectivity index (χ4v) is 1.56. The van der Waals surface area contributed by atoms with Crippen LogP contribution in [0, 0.1) is 0 Å². The summed E-state index contributed by atoms with van der Waals surface area (Å²) >= 11 is 3.18. The smallest absolute Gasteiger partial charge is 0.305 e. The maximum atomic E-state index is 10.4. The number of halogens is 1. The molecule has 0 saturated carbocycles. The second-order valence-electron chi connectivity index (χ2n) is 2.72. The molecule has 0 unspecified atom stereocenters. The number of nitrogens with two attached hydrogens (primary N) is 1. The zero-order valence-corrected chi connectivity index (χ0v) is 8.65. The van der Waals surface area contributed by atoms with E-state index >= 15 is 0 Å². The number of aromatic nitrogens is 2. The number of hydrogen-bond acceptors (Lipinski definition) is 3. The van der Waals surface area contributed by atoms with Crippen LogP contribution in [0.5, 0.6) is 0 Å². The van der Waals surface area contributed by atoms with E-state index < -0.39 is 12.0 Å². The van der Waals surface area contributed by atoms with Crippen LogP contribution in [0.25, 0.3) is 0 Å². The van der Waals surface area contributed by atoms with Crippen LogP contribution in [0.4, 0.5) is 0 Å². The summed E-state index contributed by atoms with van der Waals surface area (Å²) < 4.78 is 2.23. The van der Waals surface area contributed by atoms with E-state index in [0.717, 1.165) is 0 Å². The third-order valence-corrected chi connectivity index (χ3v) is 2.05. The minimum Gasteiger partial charge on any atom is -0.481 e. The van der Waals surface area contributed by atoms with Crippen molar-refractivity contribution >= 4 is 21.9 Å². The first-order chi connectivity index (χ1) is 6.00. The van der Waals surface area contributed by atoms with Crippen LogP contribution in [-0.2, 0) is 11.8 Å². The van der Waals surface area contributed by atoms with E-state index in [2.05, 4.69) is 21.0 Å². The van der Waals surface area contributed by atoms with Crippen molar-refractivity contribution in [3.05, 3.63) is 16.4 Å². The Morgan fingerprint density at radius 3 is 2.92 bits per heavy atom. The van der Waals surface area contributed by atoms with E-state index in [1.165, 1.54) is 0 Å². The van der Waals surface area contributed by atoms with Crippen molar-refractivity contribution in [1.29, 1.82) is 0 Å². The van der Waals surface area contributed by atoms with Crippen molar-refractivity contribution in [1.82, 2.24) is 9.78 Å². The van der Waals surface area contributed by atoms with Gasteiger partial charge < -0.3 is 10.8 Å². The van der Waals surface area contributed by atoms with Gasteiger partial charge in [0.15, 0.2) is 0 Å². The highest BCUT2D eigenvalue weighted by Gasteiger charge is 2.14. The predicted octanol–water partition coefficient (Wildman–Crippen LogP) is 0.657. The van der Waals surface area contributed by atoms with Crippen LogP contribution in [0.1, 0.15) is 18.2 Å². The molecule has 1 aromatic rings. The molecule has 0 spiro atoms. The number of carboxylic acids is 1. The van der Waals surface area contributed by atoms with E-state index in [1.54, 1.807) is 17.8 Å². The molecule has 1 rings (SSSR count). The first-order valence-corrected chi connectivity index (χ1v) is 4.47. The summed E-state index contributed by atoms with van der Waals surface area (Å²) in [5, 5.41) is 12.5. The van der Waals surface area contributed by atoms with Crippen LogP contribution in [-0.4, -0.2) is 20.9 Å². The SMILES string of the molecule is Cn1nc(Br)cc1[C@H](N)CC(=O)O. The molecule has 13 heavy (non-hydrogen) atoms. The van der Waals surface area contributed by atoms with Gasteiger partial charge in [0.1, 0.15) is 4.60 Å².